The highest BCUT2D eigenvalue weighted by molar-refractivity contribution is 5.89. The zero-order valence-corrected chi connectivity index (χ0v) is 11.5. The Bertz CT molecular complexity index is 291. The van der Waals surface area contributed by atoms with E-state index in [9.17, 15) is 9.59 Å². The van der Waals surface area contributed by atoms with Crippen LogP contribution in [0.2, 0.25) is 0 Å². The third-order valence-corrected chi connectivity index (χ3v) is 3.80. The molecule has 1 rings (SSSR count). The fourth-order valence-electron chi connectivity index (χ4n) is 2.81. The smallest absolute Gasteiger partial charge is 0.226 e. The lowest BCUT2D eigenvalue weighted by atomic mass is 9.77. The molecular formula is C14H25NO2. The molecule has 0 aliphatic heterocycles. The van der Waals surface area contributed by atoms with Gasteiger partial charge in [0, 0.05) is 5.41 Å². The van der Waals surface area contributed by atoms with Crippen molar-refractivity contribution in [3.63, 3.8) is 0 Å². The largest absolute Gasteiger partial charge is 0.346 e. The second-order valence-corrected chi connectivity index (χ2v) is 5.89. The molecule has 0 aromatic carbocycles. The molecular weight excluding hydrogens is 214 g/mol. The zero-order valence-electron chi connectivity index (χ0n) is 11.5. The molecule has 0 radical (unpaired) electrons. The van der Waals surface area contributed by atoms with E-state index in [2.05, 4.69) is 19.2 Å². The molecule has 1 fully saturated rings. The normalized spacial score (nSPS) is 20.3. The van der Waals surface area contributed by atoms with Crippen molar-refractivity contribution in [3.8, 4) is 0 Å². The molecule has 1 atom stereocenters. The van der Waals surface area contributed by atoms with Gasteiger partial charge in [-0.1, -0.05) is 26.7 Å². The average molecular weight is 239 g/mol. The van der Waals surface area contributed by atoms with Crippen LogP contribution in [0.3, 0.4) is 0 Å². The first-order valence-electron chi connectivity index (χ1n) is 6.69. The van der Waals surface area contributed by atoms with Gasteiger partial charge in [-0.2, -0.15) is 0 Å². The van der Waals surface area contributed by atoms with Gasteiger partial charge in [-0.05, 0) is 39.0 Å². The highest BCUT2D eigenvalue weighted by Crippen LogP contribution is 2.43. The van der Waals surface area contributed by atoms with E-state index in [4.69, 9.17) is 0 Å². The van der Waals surface area contributed by atoms with E-state index in [1.54, 1.807) is 6.92 Å². The lowest BCUT2D eigenvalue weighted by Gasteiger charge is -2.30. The number of hydrogen-bond acceptors (Lipinski definition) is 2. The van der Waals surface area contributed by atoms with Gasteiger partial charge in [0.15, 0.2) is 5.78 Å². The Morgan fingerprint density at radius 1 is 1.18 bits per heavy atom. The number of hydrogen-bond donors (Lipinski definition) is 1. The van der Waals surface area contributed by atoms with Crippen molar-refractivity contribution in [1.82, 2.24) is 5.32 Å². The van der Waals surface area contributed by atoms with E-state index >= 15 is 0 Å². The fraction of sp³-hybridized carbons (Fsp3) is 0.857. The summed E-state index contributed by atoms with van der Waals surface area (Å²) in [6, 6.07) is -0.355. The molecule has 1 aliphatic rings. The molecule has 0 aromatic heterocycles. The number of carbonyl (C=O) groups is 2. The van der Waals surface area contributed by atoms with Gasteiger partial charge in [-0.25, -0.2) is 0 Å². The summed E-state index contributed by atoms with van der Waals surface area (Å²) < 4.78 is 0. The summed E-state index contributed by atoms with van der Waals surface area (Å²) in [7, 11) is 0. The lowest BCUT2D eigenvalue weighted by molar-refractivity contribution is -0.134. The maximum atomic E-state index is 12.4. The lowest BCUT2D eigenvalue weighted by Crippen LogP contribution is -2.46. The Balaban J connectivity index is 2.70. The van der Waals surface area contributed by atoms with Crippen LogP contribution in [0, 0.1) is 11.3 Å². The standard InChI is InChI=1S/C14H25NO2/c1-10(2)9-14(7-5-6-8-14)13(17)15-11(3)12(4)16/h10-11H,5-9H2,1-4H3,(H,15,17). The summed E-state index contributed by atoms with van der Waals surface area (Å²) in [5.74, 6) is 0.633. The van der Waals surface area contributed by atoms with Gasteiger partial charge in [0.05, 0.1) is 6.04 Å². The second-order valence-electron chi connectivity index (χ2n) is 5.89. The van der Waals surface area contributed by atoms with Crippen molar-refractivity contribution >= 4 is 11.7 Å². The fourth-order valence-corrected chi connectivity index (χ4v) is 2.81. The summed E-state index contributed by atoms with van der Waals surface area (Å²) in [6.45, 7) is 7.59. The molecule has 1 amide bonds. The van der Waals surface area contributed by atoms with Crippen molar-refractivity contribution in [3.05, 3.63) is 0 Å². The molecule has 98 valence electrons. The van der Waals surface area contributed by atoms with Crippen LogP contribution in [-0.2, 0) is 9.59 Å². The van der Waals surface area contributed by atoms with E-state index in [1.165, 1.54) is 6.92 Å². The van der Waals surface area contributed by atoms with E-state index in [1.807, 2.05) is 0 Å². The first-order chi connectivity index (χ1) is 7.87. The van der Waals surface area contributed by atoms with E-state index in [-0.39, 0.29) is 23.1 Å². The van der Waals surface area contributed by atoms with Gasteiger partial charge in [0.1, 0.15) is 0 Å². The first kappa shape index (κ1) is 14.2. The van der Waals surface area contributed by atoms with Crippen LogP contribution in [0.15, 0.2) is 0 Å². The third-order valence-electron chi connectivity index (χ3n) is 3.80. The molecule has 0 saturated heterocycles. The van der Waals surface area contributed by atoms with Gasteiger partial charge in [0.25, 0.3) is 0 Å². The van der Waals surface area contributed by atoms with Crippen LogP contribution in [-0.4, -0.2) is 17.7 Å². The number of rotatable bonds is 5. The van der Waals surface area contributed by atoms with Crippen molar-refractivity contribution in [2.24, 2.45) is 11.3 Å². The summed E-state index contributed by atoms with van der Waals surface area (Å²) in [5, 5.41) is 2.88. The highest BCUT2D eigenvalue weighted by atomic mass is 16.2. The van der Waals surface area contributed by atoms with Gasteiger partial charge < -0.3 is 5.32 Å². The van der Waals surface area contributed by atoms with E-state index in [0.29, 0.717) is 5.92 Å². The Kier molecular flexibility index (Phi) is 4.72. The van der Waals surface area contributed by atoms with Crippen LogP contribution in [0.25, 0.3) is 0 Å². The molecule has 1 saturated carbocycles. The van der Waals surface area contributed by atoms with Crippen LogP contribution in [0.1, 0.15) is 59.8 Å². The maximum absolute atomic E-state index is 12.4. The average Bonchev–Trinajstić information content (AvgIpc) is 2.66. The second kappa shape index (κ2) is 5.65. The molecule has 1 N–H and O–H groups in total. The molecule has 3 nitrogen and oxygen atoms in total. The topological polar surface area (TPSA) is 46.2 Å². The summed E-state index contributed by atoms with van der Waals surface area (Å²) >= 11 is 0. The predicted molar refractivity (Wildman–Crippen MR) is 68.6 cm³/mol. The first-order valence-corrected chi connectivity index (χ1v) is 6.69. The maximum Gasteiger partial charge on any atom is 0.226 e. The molecule has 0 aromatic rings. The van der Waals surface area contributed by atoms with Crippen LogP contribution in [0.4, 0.5) is 0 Å². The minimum atomic E-state index is -0.355. The SMILES string of the molecule is CC(=O)C(C)NC(=O)C1(CC(C)C)CCCC1. The molecule has 17 heavy (non-hydrogen) atoms. The Morgan fingerprint density at radius 3 is 2.12 bits per heavy atom. The molecule has 0 heterocycles. The van der Waals surface area contributed by atoms with Gasteiger partial charge in [0.2, 0.25) is 5.91 Å². The number of amides is 1. The van der Waals surface area contributed by atoms with Gasteiger partial charge in [-0.15, -0.1) is 0 Å². The quantitative estimate of drug-likeness (QED) is 0.801. The zero-order chi connectivity index (χ0) is 13.1. The monoisotopic (exact) mass is 239 g/mol. The Labute approximate surface area is 104 Å². The van der Waals surface area contributed by atoms with Crippen molar-refractivity contribution in [1.29, 1.82) is 0 Å². The van der Waals surface area contributed by atoms with Gasteiger partial charge >= 0.3 is 0 Å². The van der Waals surface area contributed by atoms with Crippen LogP contribution >= 0.6 is 0 Å². The molecule has 3 heteroatoms. The third kappa shape index (κ3) is 3.55. The highest BCUT2D eigenvalue weighted by Gasteiger charge is 2.41. The van der Waals surface area contributed by atoms with E-state index < -0.39 is 0 Å². The number of ketones is 1. The summed E-state index contributed by atoms with van der Waals surface area (Å²) in [4.78, 5) is 23.6. The van der Waals surface area contributed by atoms with Gasteiger partial charge in [-0.3, -0.25) is 9.59 Å². The summed E-state index contributed by atoms with van der Waals surface area (Å²) in [5.41, 5.74) is -0.210. The van der Waals surface area contributed by atoms with Crippen molar-refractivity contribution < 1.29 is 9.59 Å². The number of Topliss-reactive ketones (excluding diaryl/α,β-unsaturated/α-hetero) is 1. The Morgan fingerprint density at radius 2 is 1.71 bits per heavy atom. The minimum absolute atomic E-state index is 0.0241. The number of carbonyl (C=O) groups excluding carboxylic acids is 2. The van der Waals surface area contributed by atoms with Crippen LogP contribution in [0.5, 0.6) is 0 Å². The minimum Gasteiger partial charge on any atom is -0.346 e. The van der Waals surface area contributed by atoms with Crippen molar-refractivity contribution in [2.45, 2.75) is 65.8 Å². The molecule has 0 spiro atoms. The molecule has 1 unspecified atom stereocenters. The van der Waals surface area contributed by atoms with Crippen LogP contribution < -0.4 is 5.32 Å². The van der Waals surface area contributed by atoms with Crippen molar-refractivity contribution in [2.75, 3.05) is 0 Å². The van der Waals surface area contributed by atoms with E-state index in [0.717, 1.165) is 32.1 Å². The molecule has 1 aliphatic carbocycles. The Hall–Kier alpha value is -0.860. The predicted octanol–water partition coefficient (Wildman–Crippen LogP) is 2.69. The molecule has 0 bridgehead atoms. The number of nitrogens with one attached hydrogen (secondary N) is 1. The summed E-state index contributed by atoms with van der Waals surface area (Å²) in [6.07, 6.45) is 5.15.